The molecule has 74 heavy (non-hydrogen) atoms. The number of anilines is 4. The van der Waals surface area contributed by atoms with Gasteiger partial charge in [-0.15, -0.1) is 0 Å². The zero-order valence-electron chi connectivity index (χ0n) is 42.7. The Balaban J connectivity index is 1.01. The first-order valence-corrected chi connectivity index (χ1v) is 26.1. The van der Waals surface area contributed by atoms with E-state index in [1.165, 1.54) is 0 Å². The Morgan fingerprint density at radius 3 is 2.07 bits per heavy atom. The smallest absolute Gasteiger partial charge is 0.303 e. The average Bonchev–Trinajstić information content (AvgIpc) is 3.89. The molecule has 0 fully saturated rings. The Hall–Kier alpha value is -6.79. The van der Waals surface area contributed by atoms with Crippen LogP contribution in [0.2, 0.25) is 0 Å². The minimum absolute atomic E-state index is 0.0291. The SMILES string of the molecule is COCCOCCOCCN(CC(C)(C)SCCCC(=O)O)c1cc(COc2cc3c(cc2OC)C(=O)N2c4ccccc4C[C@H]2C=N3)cc(COc2cc3c(cc2OC)C(=O)N2c4ccccc4C[C@H]2CN3)c1. The van der Waals surface area contributed by atoms with E-state index in [0.29, 0.717) is 117 Å². The van der Waals surface area contributed by atoms with Crippen molar-refractivity contribution in [1.82, 2.24) is 0 Å². The second-order valence-corrected chi connectivity index (χ2v) is 21.1. The zero-order chi connectivity index (χ0) is 51.8. The molecule has 4 aliphatic rings. The quantitative estimate of drug-likeness (QED) is 0.0531. The molecule has 5 aromatic rings. The van der Waals surface area contributed by atoms with Crippen molar-refractivity contribution < 1.29 is 52.6 Å². The molecule has 2 amide bonds. The van der Waals surface area contributed by atoms with Crippen LogP contribution in [0.4, 0.5) is 28.4 Å². The number of nitrogens with zero attached hydrogens (tertiary/aromatic N) is 4. The molecular formula is C57H65N5O11S. The van der Waals surface area contributed by atoms with Crippen LogP contribution >= 0.6 is 11.8 Å². The van der Waals surface area contributed by atoms with Gasteiger partial charge in [-0.25, -0.2) is 0 Å². The fourth-order valence-electron chi connectivity index (χ4n) is 10.0. The molecule has 0 unspecified atom stereocenters. The molecule has 16 nitrogen and oxygen atoms in total. The summed E-state index contributed by atoms with van der Waals surface area (Å²) < 4.78 is 41.6. The van der Waals surface area contributed by atoms with Gasteiger partial charge in [0.1, 0.15) is 13.2 Å². The number of aliphatic imine (C=N–C) groups is 1. The van der Waals surface area contributed by atoms with Crippen molar-refractivity contribution in [3.8, 4) is 23.0 Å². The van der Waals surface area contributed by atoms with E-state index in [1.54, 1.807) is 51.3 Å². The molecule has 0 bridgehead atoms. The van der Waals surface area contributed by atoms with Gasteiger partial charge < -0.3 is 53.4 Å². The van der Waals surface area contributed by atoms with Crippen LogP contribution in [0.5, 0.6) is 23.0 Å². The Morgan fingerprint density at radius 2 is 1.38 bits per heavy atom. The second-order valence-electron chi connectivity index (χ2n) is 19.3. The highest BCUT2D eigenvalue weighted by atomic mass is 32.2. The van der Waals surface area contributed by atoms with Crippen molar-refractivity contribution >= 4 is 64.2 Å². The molecular weight excluding hydrogens is 963 g/mol. The van der Waals surface area contributed by atoms with Crippen LogP contribution in [-0.4, -0.2) is 126 Å². The first-order valence-electron chi connectivity index (χ1n) is 25.1. The van der Waals surface area contributed by atoms with Gasteiger partial charge in [0.05, 0.1) is 81.8 Å². The number of aliphatic carboxylic acids is 1. The summed E-state index contributed by atoms with van der Waals surface area (Å²) in [7, 11) is 4.76. The van der Waals surface area contributed by atoms with Crippen molar-refractivity contribution in [2.24, 2.45) is 4.99 Å². The summed E-state index contributed by atoms with van der Waals surface area (Å²) in [6, 6.07) is 29.1. The number of carbonyl (C=O) groups excluding carboxylic acids is 2. The summed E-state index contributed by atoms with van der Waals surface area (Å²) in [6.07, 6.45) is 3.95. The van der Waals surface area contributed by atoms with E-state index in [2.05, 4.69) is 42.3 Å². The molecule has 390 valence electrons. The average molecular weight is 1030 g/mol. The maximum absolute atomic E-state index is 14.2. The number of fused-ring (bicyclic) bond motifs is 8. The zero-order valence-corrected chi connectivity index (χ0v) is 43.5. The van der Waals surface area contributed by atoms with Crippen LogP contribution in [0, 0.1) is 0 Å². The summed E-state index contributed by atoms with van der Waals surface area (Å²) >= 11 is 1.73. The van der Waals surface area contributed by atoms with E-state index < -0.39 is 5.97 Å². The molecule has 4 aliphatic heterocycles. The van der Waals surface area contributed by atoms with Gasteiger partial charge in [-0.05, 0) is 97.2 Å². The molecule has 5 aromatic carbocycles. The van der Waals surface area contributed by atoms with E-state index >= 15 is 0 Å². The molecule has 0 saturated heterocycles. The molecule has 9 rings (SSSR count). The van der Waals surface area contributed by atoms with Crippen LogP contribution in [0.3, 0.4) is 0 Å². The Kier molecular flexibility index (Phi) is 16.6. The summed E-state index contributed by atoms with van der Waals surface area (Å²) in [5.74, 6) is 1.37. The predicted molar refractivity (Wildman–Crippen MR) is 288 cm³/mol. The second kappa shape index (κ2) is 23.6. The highest BCUT2D eigenvalue weighted by molar-refractivity contribution is 8.00. The van der Waals surface area contributed by atoms with Crippen molar-refractivity contribution in [2.45, 2.75) is 69.6 Å². The number of thioether (sulfide) groups is 1. The summed E-state index contributed by atoms with van der Waals surface area (Å²) in [4.78, 5) is 50.6. The number of hydrogen-bond donors (Lipinski definition) is 2. The van der Waals surface area contributed by atoms with E-state index in [9.17, 15) is 19.5 Å². The number of carbonyl (C=O) groups is 3. The number of benzene rings is 5. The van der Waals surface area contributed by atoms with E-state index in [1.807, 2.05) is 70.6 Å². The number of amides is 2. The van der Waals surface area contributed by atoms with Crippen LogP contribution in [-0.2, 0) is 45.1 Å². The van der Waals surface area contributed by atoms with Crippen LogP contribution in [0.25, 0.3) is 0 Å². The molecule has 2 atom stereocenters. The maximum Gasteiger partial charge on any atom is 0.303 e. The van der Waals surface area contributed by atoms with Crippen molar-refractivity contribution in [1.29, 1.82) is 0 Å². The predicted octanol–water partition coefficient (Wildman–Crippen LogP) is 9.01. The Bertz CT molecular complexity index is 2880. The Morgan fingerprint density at radius 1 is 0.757 bits per heavy atom. The number of rotatable bonds is 25. The highest BCUT2D eigenvalue weighted by Gasteiger charge is 2.39. The van der Waals surface area contributed by atoms with Gasteiger partial charge in [-0.2, -0.15) is 11.8 Å². The summed E-state index contributed by atoms with van der Waals surface area (Å²) in [5.41, 5.74) is 8.74. The van der Waals surface area contributed by atoms with E-state index in [4.69, 9.17) is 38.2 Å². The van der Waals surface area contributed by atoms with Crippen LogP contribution in [0.1, 0.15) is 69.7 Å². The van der Waals surface area contributed by atoms with Gasteiger partial charge in [0.15, 0.2) is 23.0 Å². The molecule has 0 spiro atoms. The number of nitrogens with one attached hydrogen (secondary N) is 1. The number of para-hydroxylation sites is 2. The standard InChI is InChI=1S/C57H65N5O11S/c1-57(2,74-22-10-15-54(63)64)36-60(16-17-70-20-21-71-19-18-67-3)41-24-37(34-72-52-30-46-44(28-50(52)68-4)55(65)61-42(32-58-46)26-39-11-6-8-13-48(39)61)23-38(25-41)35-73-53-31-47-45(29-51(53)69-5)56(66)62-43(33-59-47)27-40-12-7-9-14-49(40)62/h6-9,11-14,23-25,28-32,42-43,59H,10,15-22,26-27,33-36H2,1-5H3,(H,63,64)/t42-,43-/m0/s1. The summed E-state index contributed by atoms with van der Waals surface area (Å²) in [6.45, 7) is 8.57. The first kappa shape index (κ1) is 52.1. The minimum Gasteiger partial charge on any atom is -0.493 e. The van der Waals surface area contributed by atoms with Gasteiger partial charge in [-0.3, -0.25) is 24.3 Å². The summed E-state index contributed by atoms with van der Waals surface area (Å²) in [5, 5.41) is 12.9. The van der Waals surface area contributed by atoms with E-state index in [0.717, 1.165) is 45.7 Å². The topological polar surface area (TPSA) is 170 Å². The van der Waals surface area contributed by atoms with Crippen molar-refractivity contribution in [2.75, 3.05) is 99.8 Å². The van der Waals surface area contributed by atoms with Gasteiger partial charge in [0.25, 0.3) is 11.8 Å². The highest BCUT2D eigenvalue weighted by Crippen LogP contribution is 2.43. The first-order chi connectivity index (χ1) is 35.9. The number of methoxy groups -OCH3 is 3. The van der Waals surface area contributed by atoms with Crippen LogP contribution in [0.15, 0.2) is 96.0 Å². The molecule has 0 aromatic heterocycles. The maximum atomic E-state index is 14.2. The molecule has 4 heterocycles. The van der Waals surface area contributed by atoms with Gasteiger partial charge in [-0.1, -0.05) is 36.4 Å². The fourth-order valence-corrected chi connectivity index (χ4v) is 11.1. The lowest BCUT2D eigenvalue weighted by atomic mass is 10.1. The third-order valence-corrected chi connectivity index (χ3v) is 15.0. The molecule has 17 heteroatoms. The number of ether oxygens (including phenoxy) is 7. The monoisotopic (exact) mass is 1030 g/mol. The van der Waals surface area contributed by atoms with Crippen LogP contribution < -0.4 is 39.0 Å². The number of hydrogen-bond acceptors (Lipinski definition) is 14. The molecule has 2 N–H and O–H groups in total. The lowest BCUT2D eigenvalue weighted by Gasteiger charge is -2.34. The van der Waals surface area contributed by atoms with Gasteiger partial charge in [0.2, 0.25) is 0 Å². The van der Waals surface area contributed by atoms with Crippen molar-refractivity contribution in [3.63, 3.8) is 0 Å². The lowest BCUT2D eigenvalue weighted by Crippen LogP contribution is -2.39. The molecule has 0 saturated carbocycles. The van der Waals surface area contributed by atoms with Gasteiger partial charge >= 0.3 is 5.97 Å². The van der Waals surface area contributed by atoms with Crippen molar-refractivity contribution in [3.05, 3.63) is 124 Å². The van der Waals surface area contributed by atoms with Gasteiger partial charge in [0, 0.05) is 79.7 Å². The third-order valence-electron chi connectivity index (χ3n) is 13.6. The Labute approximate surface area is 436 Å². The molecule has 0 aliphatic carbocycles. The molecule has 0 radical (unpaired) electrons. The normalized spacial score (nSPS) is 16.2. The lowest BCUT2D eigenvalue weighted by molar-refractivity contribution is -0.137. The largest absolute Gasteiger partial charge is 0.493 e. The number of carboxylic acid groups (broad SMARTS) is 1. The van der Waals surface area contributed by atoms with E-state index in [-0.39, 0.29) is 48.3 Å². The number of carboxylic acids is 1. The third kappa shape index (κ3) is 11.9. The fraction of sp³-hybridized carbons (Fsp3) is 0.404. The minimum atomic E-state index is -0.807.